The van der Waals surface area contributed by atoms with E-state index in [1.54, 1.807) is 6.08 Å². The molecule has 4 aliphatic carbocycles. The number of hydrogen-bond donors (Lipinski definition) is 1. The van der Waals surface area contributed by atoms with Crippen molar-refractivity contribution in [3.8, 4) is 0 Å². The minimum atomic E-state index is -0.516. The predicted octanol–water partition coefficient (Wildman–Crippen LogP) is 4.29. The van der Waals surface area contributed by atoms with Crippen molar-refractivity contribution in [2.24, 2.45) is 34.5 Å². The summed E-state index contributed by atoms with van der Waals surface area (Å²) in [6.45, 7) is 9.12. The molecule has 0 bridgehead atoms. The van der Waals surface area contributed by atoms with Crippen molar-refractivity contribution in [1.29, 1.82) is 0 Å². The van der Waals surface area contributed by atoms with Crippen molar-refractivity contribution in [3.05, 3.63) is 23.8 Å². The van der Waals surface area contributed by atoms with Gasteiger partial charge in [-0.05, 0) is 80.3 Å². The molecular weight excluding hydrogens is 284 g/mol. The Labute approximate surface area is 140 Å². The van der Waals surface area contributed by atoms with E-state index in [9.17, 15) is 9.90 Å². The van der Waals surface area contributed by atoms with E-state index in [2.05, 4.69) is 33.8 Å². The highest BCUT2D eigenvalue weighted by Crippen LogP contribution is 2.67. The van der Waals surface area contributed by atoms with Crippen LogP contribution in [0.2, 0.25) is 0 Å². The van der Waals surface area contributed by atoms with E-state index < -0.39 is 5.60 Å². The summed E-state index contributed by atoms with van der Waals surface area (Å²) in [6, 6.07) is 0. The largest absolute Gasteiger partial charge is 0.390 e. The van der Waals surface area contributed by atoms with Gasteiger partial charge in [0, 0.05) is 5.41 Å². The molecule has 0 aromatic rings. The zero-order valence-electron chi connectivity index (χ0n) is 14.9. The molecule has 4 aliphatic rings. The van der Waals surface area contributed by atoms with Gasteiger partial charge in [-0.2, -0.15) is 0 Å². The lowest BCUT2D eigenvalue weighted by molar-refractivity contribution is -0.123. The van der Waals surface area contributed by atoms with Crippen molar-refractivity contribution >= 4 is 5.78 Å². The maximum absolute atomic E-state index is 11.8. The Morgan fingerprint density at radius 3 is 2.57 bits per heavy atom. The fraction of sp³-hybridized carbons (Fsp3) is 0.762. The first kappa shape index (κ1) is 15.6. The molecule has 0 aromatic carbocycles. The van der Waals surface area contributed by atoms with Crippen LogP contribution in [0.25, 0.3) is 0 Å². The third-order valence-electron chi connectivity index (χ3n) is 8.47. The van der Waals surface area contributed by atoms with Crippen LogP contribution >= 0.6 is 0 Å². The molecule has 1 N–H and O–H groups in total. The van der Waals surface area contributed by atoms with Crippen molar-refractivity contribution in [3.63, 3.8) is 0 Å². The molecule has 4 rings (SSSR count). The van der Waals surface area contributed by atoms with E-state index in [0.29, 0.717) is 23.7 Å². The van der Waals surface area contributed by atoms with Crippen LogP contribution in [0.1, 0.15) is 59.8 Å². The molecule has 0 saturated heterocycles. The van der Waals surface area contributed by atoms with Gasteiger partial charge in [0.2, 0.25) is 0 Å². The van der Waals surface area contributed by atoms with Gasteiger partial charge in [-0.25, -0.2) is 0 Å². The minimum Gasteiger partial charge on any atom is -0.390 e. The Bertz CT molecular complexity index is 613. The minimum absolute atomic E-state index is 0.0564. The summed E-state index contributed by atoms with van der Waals surface area (Å²) in [7, 11) is 0. The highest BCUT2D eigenvalue weighted by Gasteiger charge is 2.63. The van der Waals surface area contributed by atoms with Gasteiger partial charge in [0.05, 0.1) is 5.60 Å². The van der Waals surface area contributed by atoms with Crippen molar-refractivity contribution in [2.45, 2.75) is 65.4 Å². The van der Waals surface area contributed by atoms with Gasteiger partial charge in [0.1, 0.15) is 0 Å². The van der Waals surface area contributed by atoms with E-state index in [-0.39, 0.29) is 16.6 Å². The Hall–Kier alpha value is -0.890. The molecule has 0 unspecified atom stereocenters. The lowest BCUT2D eigenvalue weighted by Gasteiger charge is -2.59. The number of ketones is 1. The average molecular weight is 314 g/mol. The number of fused-ring (bicyclic) bond motifs is 5. The summed E-state index contributed by atoms with van der Waals surface area (Å²) >= 11 is 0. The summed E-state index contributed by atoms with van der Waals surface area (Å²) in [5, 5.41) is 11.0. The third kappa shape index (κ3) is 1.88. The summed E-state index contributed by atoms with van der Waals surface area (Å²) in [5.41, 5.74) is 0.958. The summed E-state index contributed by atoms with van der Waals surface area (Å²) in [6.07, 6.45) is 11.3. The lowest BCUT2D eigenvalue weighted by atomic mass is 9.45. The lowest BCUT2D eigenvalue weighted by Crippen LogP contribution is -2.55. The molecule has 7 atom stereocenters. The quantitative estimate of drug-likeness (QED) is 0.724. The van der Waals surface area contributed by atoms with Crippen LogP contribution in [0.3, 0.4) is 0 Å². The SMILES string of the molecule is C[C@H]1CC2=CC(=O)C=C[C@]2(C)[C@H]2CC[C@@]3(C)[C@@H](CC[C@]3(C)O)[C@H]12. The molecule has 0 heterocycles. The first-order chi connectivity index (χ1) is 10.7. The fourth-order valence-electron chi connectivity index (χ4n) is 6.79. The molecule has 0 aliphatic heterocycles. The van der Waals surface area contributed by atoms with Gasteiger partial charge in [0.15, 0.2) is 5.78 Å². The monoisotopic (exact) mass is 314 g/mol. The van der Waals surface area contributed by atoms with E-state index in [1.807, 2.05) is 6.08 Å². The topological polar surface area (TPSA) is 37.3 Å². The van der Waals surface area contributed by atoms with Crippen LogP contribution in [0.15, 0.2) is 23.8 Å². The second-order valence-electron chi connectivity index (χ2n) is 9.43. The zero-order chi connectivity index (χ0) is 16.6. The normalized spacial score (nSPS) is 55.0. The number of allylic oxidation sites excluding steroid dienone is 4. The predicted molar refractivity (Wildman–Crippen MR) is 91.8 cm³/mol. The Morgan fingerprint density at radius 2 is 1.83 bits per heavy atom. The first-order valence-electron chi connectivity index (χ1n) is 9.36. The van der Waals surface area contributed by atoms with Gasteiger partial charge in [-0.1, -0.05) is 32.4 Å². The Morgan fingerprint density at radius 1 is 1.13 bits per heavy atom. The van der Waals surface area contributed by atoms with Crippen molar-refractivity contribution < 1.29 is 9.90 Å². The zero-order valence-corrected chi connectivity index (χ0v) is 14.9. The van der Waals surface area contributed by atoms with Crippen LogP contribution in [-0.2, 0) is 4.79 Å². The molecule has 0 amide bonds. The van der Waals surface area contributed by atoms with Crippen LogP contribution in [-0.4, -0.2) is 16.5 Å². The van der Waals surface area contributed by atoms with Crippen LogP contribution in [0, 0.1) is 34.5 Å². The molecule has 126 valence electrons. The van der Waals surface area contributed by atoms with E-state index >= 15 is 0 Å². The maximum atomic E-state index is 11.8. The molecule has 2 heteroatoms. The Balaban J connectivity index is 1.76. The van der Waals surface area contributed by atoms with E-state index in [0.717, 1.165) is 25.7 Å². The smallest absolute Gasteiger partial charge is 0.178 e. The molecule has 2 nitrogen and oxygen atoms in total. The number of rotatable bonds is 0. The number of hydrogen-bond acceptors (Lipinski definition) is 2. The Kier molecular flexibility index (Phi) is 3.12. The second-order valence-corrected chi connectivity index (χ2v) is 9.43. The fourth-order valence-corrected chi connectivity index (χ4v) is 6.79. The second kappa shape index (κ2) is 4.59. The highest BCUT2D eigenvalue weighted by atomic mass is 16.3. The summed E-state index contributed by atoms with van der Waals surface area (Å²) in [5.74, 6) is 2.68. The summed E-state index contributed by atoms with van der Waals surface area (Å²) < 4.78 is 0. The first-order valence-corrected chi connectivity index (χ1v) is 9.36. The third-order valence-corrected chi connectivity index (χ3v) is 8.47. The summed E-state index contributed by atoms with van der Waals surface area (Å²) in [4.78, 5) is 11.8. The van der Waals surface area contributed by atoms with Gasteiger partial charge in [-0.15, -0.1) is 0 Å². The van der Waals surface area contributed by atoms with Crippen LogP contribution < -0.4 is 0 Å². The number of aliphatic hydroxyl groups is 1. The molecule has 0 radical (unpaired) electrons. The molecule has 23 heavy (non-hydrogen) atoms. The van der Waals surface area contributed by atoms with Crippen molar-refractivity contribution in [2.75, 3.05) is 0 Å². The van der Waals surface area contributed by atoms with Gasteiger partial charge in [-0.3, -0.25) is 4.79 Å². The van der Waals surface area contributed by atoms with Crippen LogP contribution in [0.5, 0.6) is 0 Å². The van der Waals surface area contributed by atoms with E-state index in [4.69, 9.17) is 0 Å². The number of carbonyl (C=O) groups is 1. The van der Waals surface area contributed by atoms with Crippen molar-refractivity contribution in [1.82, 2.24) is 0 Å². The highest BCUT2D eigenvalue weighted by molar-refractivity contribution is 6.01. The van der Waals surface area contributed by atoms with Gasteiger partial charge in [0.25, 0.3) is 0 Å². The molecule has 0 aromatic heterocycles. The van der Waals surface area contributed by atoms with E-state index in [1.165, 1.54) is 12.0 Å². The molecule has 3 fully saturated rings. The molecule has 0 spiro atoms. The van der Waals surface area contributed by atoms with Crippen LogP contribution in [0.4, 0.5) is 0 Å². The standard InChI is InChI=1S/C21H30O2/c1-13-11-14-12-15(22)5-8-19(14,2)16-6-9-20(3)17(18(13)16)7-10-21(20,4)23/h5,8,12-13,16-18,23H,6-7,9-11H2,1-4H3/t13-,16-,17-,18+,19-,20-,21-/m0/s1. The maximum Gasteiger partial charge on any atom is 0.178 e. The number of carbonyl (C=O) groups excluding carboxylic acids is 1. The van der Waals surface area contributed by atoms with Gasteiger partial charge < -0.3 is 5.11 Å². The van der Waals surface area contributed by atoms with Gasteiger partial charge >= 0.3 is 0 Å². The molecular formula is C21H30O2. The molecule has 3 saturated carbocycles. The average Bonchev–Trinajstić information content (AvgIpc) is 2.72.